The molecule has 8 heteroatoms. The van der Waals surface area contributed by atoms with Crippen LogP contribution in [0.25, 0.3) is 0 Å². The number of nitrogens with two attached hydrogens (primary N) is 1. The molecule has 6 nitrogen and oxygen atoms in total. The van der Waals surface area contributed by atoms with Crippen LogP contribution in [0.1, 0.15) is 25.5 Å². The van der Waals surface area contributed by atoms with Crippen molar-refractivity contribution in [3.05, 3.63) is 35.1 Å². The third-order valence-corrected chi connectivity index (χ3v) is 5.99. The van der Waals surface area contributed by atoms with Crippen LogP contribution in [-0.2, 0) is 6.61 Å². The number of hydrogen-bond donors (Lipinski definition) is 3. The first kappa shape index (κ1) is 18.3. The fourth-order valence-corrected chi connectivity index (χ4v) is 3.92. The van der Waals surface area contributed by atoms with Crippen molar-refractivity contribution in [2.45, 2.75) is 41.8 Å². The molecule has 1 aliphatic rings. The monoisotopic (exact) mass is 380 g/mol. The van der Waals surface area contributed by atoms with Gasteiger partial charge in [0.25, 0.3) is 0 Å². The highest BCUT2D eigenvalue weighted by atomic mass is 35.5. The van der Waals surface area contributed by atoms with Gasteiger partial charge < -0.3 is 21.5 Å². The van der Waals surface area contributed by atoms with Crippen LogP contribution < -0.4 is 16.4 Å². The minimum absolute atomic E-state index is 0.103. The maximum Gasteiger partial charge on any atom is 0.143 e. The molecule has 3 heterocycles. The molecule has 1 saturated heterocycles. The molecule has 1 fully saturated rings. The molecule has 2 aromatic rings. The first-order chi connectivity index (χ1) is 11.9. The van der Waals surface area contributed by atoms with Crippen molar-refractivity contribution in [1.82, 2.24) is 9.97 Å². The highest BCUT2D eigenvalue weighted by Gasteiger charge is 2.30. The van der Waals surface area contributed by atoms with Gasteiger partial charge >= 0.3 is 0 Å². The van der Waals surface area contributed by atoms with E-state index < -0.39 is 0 Å². The molecule has 0 amide bonds. The van der Waals surface area contributed by atoms with E-state index in [1.807, 2.05) is 12.1 Å². The number of nitrogens with zero attached hydrogens (tertiary/aromatic N) is 3. The van der Waals surface area contributed by atoms with Crippen molar-refractivity contribution in [2.75, 3.05) is 23.7 Å². The Hall–Kier alpha value is -1.54. The zero-order valence-corrected chi connectivity index (χ0v) is 15.8. The predicted octanol–water partition coefficient (Wildman–Crippen LogP) is 1.96. The van der Waals surface area contributed by atoms with Gasteiger partial charge in [-0.05, 0) is 25.1 Å². The minimum Gasteiger partial charge on any atom is -0.390 e. The predicted molar refractivity (Wildman–Crippen MR) is 101 cm³/mol. The van der Waals surface area contributed by atoms with Gasteiger partial charge in [-0.2, -0.15) is 0 Å². The second-order valence-electron chi connectivity index (χ2n) is 6.68. The average molecular weight is 381 g/mol. The summed E-state index contributed by atoms with van der Waals surface area (Å²) in [5, 5.41) is 11.0. The summed E-state index contributed by atoms with van der Waals surface area (Å²) in [7, 11) is 0. The van der Waals surface area contributed by atoms with E-state index in [0.717, 1.165) is 41.5 Å². The fourth-order valence-electron chi connectivity index (χ4n) is 2.86. The van der Waals surface area contributed by atoms with Crippen LogP contribution >= 0.6 is 23.4 Å². The second-order valence-corrected chi connectivity index (χ2v) is 8.12. The van der Waals surface area contributed by atoms with Gasteiger partial charge in [0.05, 0.1) is 28.5 Å². The van der Waals surface area contributed by atoms with Gasteiger partial charge in [0, 0.05) is 37.0 Å². The van der Waals surface area contributed by atoms with Gasteiger partial charge in [-0.1, -0.05) is 23.4 Å². The lowest BCUT2D eigenvalue weighted by molar-refractivity contribution is -0.475. The van der Waals surface area contributed by atoms with E-state index in [1.165, 1.54) is 11.8 Å². The quantitative estimate of drug-likeness (QED) is 0.749. The molecule has 0 bridgehead atoms. The number of aliphatic hydroxyl groups is 1. The topological polar surface area (TPSA) is 103 Å². The smallest absolute Gasteiger partial charge is 0.143 e. The van der Waals surface area contributed by atoms with Crippen molar-refractivity contribution in [2.24, 2.45) is 0 Å². The minimum atomic E-state index is -0.103. The largest absolute Gasteiger partial charge is 0.390 e. The van der Waals surface area contributed by atoms with E-state index in [2.05, 4.69) is 27.5 Å². The Kier molecular flexibility index (Phi) is 5.38. The third kappa shape index (κ3) is 4.17. The van der Waals surface area contributed by atoms with Gasteiger partial charge in [-0.3, -0.25) is 0 Å². The van der Waals surface area contributed by atoms with E-state index in [1.54, 1.807) is 12.3 Å². The van der Waals surface area contributed by atoms with Crippen LogP contribution in [0.4, 0.5) is 11.5 Å². The van der Waals surface area contributed by atoms with Crippen molar-refractivity contribution in [1.29, 1.82) is 0 Å². The van der Waals surface area contributed by atoms with Crippen LogP contribution in [-0.4, -0.2) is 33.7 Å². The zero-order valence-electron chi connectivity index (χ0n) is 14.2. The zero-order chi connectivity index (χ0) is 18.0. The standard InChI is InChI=1S/C17H22ClN5OS/c1-17(20)5-8-23(9-6-17)12-2-3-14(22-11(12)10-24)25-13-4-7-21-16(19)15(13)18/h2-4,7,24H,5-6,8-10,20H2,1H3,(H2,19,21)/p+1. The Morgan fingerprint density at radius 1 is 1.36 bits per heavy atom. The lowest BCUT2D eigenvalue weighted by Gasteiger charge is -2.36. The number of pyridine rings is 2. The number of aliphatic hydroxyl groups excluding tert-OH is 1. The van der Waals surface area contributed by atoms with Crippen molar-refractivity contribution < 1.29 is 10.8 Å². The highest BCUT2D eigenvalue weighted by Crippen LogP contribution is 2.36. The summed E-state index contributed by atoms with van der Waals surface area (Å²) in [6.45, 7) is 3.94. The molecule has 0 atom stereocenters. The second kappa shape index (κ2) is 7.37. The molecule has 134 valence electrons. The summed E-state index contributed by atoms with van der Waals surface area (Å²) in [4.78, 5) is 11.6. The number of anilines is 2. The van der Waals surface area contributed by atoms with E-state index in [9.17, 15) is 5.11 Å². The highest BCUT2D eigenvalue weighted by molar-refractivity contribution is 7.99. The Balaban J connectivity index is 1.81. The van der Waals surface area contributed by atoms with Gasteiger partial charge in [0.15, 0.2) is 0 Å². The summed E-state index contributed by atoms with van der Waals surface area (Å²) in [5.41, 5.74) is 11.8. The summed E-state index contributed by atoms with van der Waals surface area (Å²) in [6.07, 6.45) is 3.68. The van der Waals surface area contributed by atoms with Crippen LogP contribution in [0.2, 0.25) is 5.02 Å². The number of halogens is 1. The first-order valence-corrected chi connectivity index (χ1v) is 9.38. The molecular formula is C17H23ClN5OS+. The fraction of sp³-hybridized carbons (Fsp3) is 0.412. The van der Waals surface area contributed by atoms with Crippen LogP contribution in [0, 0.1) is 0 Å². The number of piperidine rings is 1. The van der Waals surface area contributed by atoms with E-state index in [4.69, 9.17) is 17.3 Å². The Bertz CT molecular complexity index is 761. The maximum absolute atomic E-state index is 9.77. The molecule has 0 radical (unpaired) electrons. The molecule has 6 N–H and O–H groups in total. The Morgan fingerprint density at radius 3 is 2.76 bits per heavy atom. The number of hydrogen-bond acceptors (Lipinski definition) is 6. The number of rotatable bonds is 4. The molecule has 0 aromatic carbocycles. The number of quaternary nitrogens is 1. The lowest BCUT2D eigenvalue weighted by atomic mass is 9.91. The molecule has 25 heavy (non-hydrogen) atoms. The normalized spacial score (nSPS) is 16.9. The van der Waals surface area contributed by atoms with Crippen LogP contribution in [0.3, 0.4) is 0 Å². The number of nitrogen functional groups attached to an aromatic ring is 1. The van der Waals surface area contributed by atoms with Gasteiger partial charge in [-0.25, -0.2) is 9.97 Å². The summed E-state index contributed by atoms with van der Waals surface area (Å²) in [5.74, 6) is 0.301. The van der Waals surface area contributed by atoms with Crippen molar-refractivity contribution >= 4 is 34.9 Å². The first-order valence-electron chi connectivity index (χ1n) is 8.18. The molecule has 3 rings (SSSR count). The van der Waals surface area contributed by atoms with E-state index in [-0.39, 0.29) is 12.1 Å². The molecule has 0 aliphatic carbocycles. The Labute approximate surface area is 156 Å². The van der Waals surface area contributed by atoms with Crippen LogP contribution in [0.5, 0.6) is 0 Å². The van der Waals surface area contributed by atoms with Gasteiger partial charge in [-0.15, -0.1) is 0 Å². The average Bonchev–Trinajstić information content (AvgIpc) is 2.59. The summed E-state index contributed by atoms with van der Waals surface area (Å²) in [6, 6.07) is 5.77. The van der Waals surface area contributed by atoms with E-state index >= 15 is 0 Å². The molecule has 0 unspecified atom stereocenters. The number of aromatic nitrogens is 2. The van der Waals surface area contributed by atoms with Crippen molar-refractivity contribution in [3.8, 4) is 0 Å². The lowest BCUT2D eigenvalue weighted by Crippen LogP contribution is -2.73. The molecule has 1 aliphatic heterocycles. The van der Waals surface area contributed by atoms with Crippen molar-refractivity contribution in [3.63, 3.8) is 0 Å². The third-order valence-electron chi connectivity index (χ3n) is 4.48. The molecular weight excluding hydrogens is 358 g/mol. The summed E-state index contributed by atoms with van der Waals surface area (Å²) < 4.78 is 0. The summed E-state index contributed by atoms with van der Waals surface area (Å²) >= 11 is 7.61. The van der Waals surface area contributed by atoms with Gasteiger partial charge in [0.1, 0.15) is 10.8 Å². The SMILES string of the molecule is CC1([NH3+])CCN(c2ccc(Sc3ccnc(N)c3Cl)nc2CO)CC1. The maximum atomic E-state index is 9.77. The van der Waals surface area contributed by atoms with E-state index in [0.29, 0.717) is 16.5 Å². The van der Waals surface area contributed by atoms with Crippen LogP contribution in [0.15, 0.2) is 34.3 Å². The molecule has 0 saturated carbocycles. The molecule has 0 spiro atoms. The molecule has 2 aromatic heterocycles. The van der Waals surface area contributed by atoms with Gasteiger partial charge in [0.2, 0.25) is 0 Å². The Morgan fingerprint density at radius 2 is 2.08 bits per heavy atom.